The van der Waals surface area contributed by atoms with Gasteiger partial charge in [-0.15, -0.1) is 0 Å². The van der Waals surface area contributed by atoms with Crippen LogP contribution in [0.5, 0.6) is 0 Å². The topological polar surface area (TPSA) is 66.5 Å². The molecule has 1 atom stereocenters. The number of carbonyl (C=O) groups excluding carboxylic acids is 1. The van der Waals surface area contributed by atoms with E-state index in [9.17, 15) is 17.6 Å². The van der Waals surface area contributed by atoms with E-state index in [0.29, 0.717) is 19.4 Å². The molecule has 0 aromatic heterocycles. The number of sulfonamides is 1. The Labute approximate surface area is 152 Å². The molecule has 1 aromatic rings. The second-order valence-electron chi connectivity index (χ2n) is 6.77. The lowest BCUT2D eigenvalue weighted by Gasteiger charge is -2.31. The fourth-order valence-corrected chi connectivity index (χ4v) is 5.35. The van der Waals surface area contributed by atoms with Crippen molar-refractivity contribution in [3.8, 4) is 0 Å². The lowest BCUT2D eigenvalue weighted by atomic mass is 9.98. The van der Waals surface area contributed by atoms with E-state index >= 15 is 0 Å². The Morgan fingerprint density at radius 2 is 1.92 bits per heavy atom. The molecule has 1 aliphatic heterocycles. The molecule has 5 nitrogen and oxygen atoms in total. The van der Waals surface area contributed by atoms with Gasteiger partial charge in [0.2, 0.25) is 15.9 Å². The third kappa shape index (κ3) is 4.15. The van der Waals surface area contributed by atoms with Crippen molar-refractivity contribution in [3.63, 3.8) is 0 Å². The monoisotopic (exact) mass is 388 g/mol. The van der Waals surface area contributed by atoms with Crippen LogP contribution in [0, 0.1) is 11.7 Å². The molecule has 1 aliphatic carbocycles. The van der Waals surface area contributed by atoms with Gasteiger partial charge in [0, 0.05) is 19.1 Å². The van der Waals surface area contributed by atoms with Gasteiger partial charge in [0.25, 0.3) is 0 Å². The van der Waals surface area contributed by atoms with E-state index in [2.05, 4.69) is 5.32 Å². The van der Waals surface area contributed by atoms with Crippen molar-refractivity contribution in [2.24, 2.45) is 5.92 Å². The summed E-state index contributed by atoms with van der Waals surface area (Å²) in [6.07, 6.45) is 5.54. The molecule has 0 bridgehead atoms. The zero-order valence-corrected chi connectivity index (χ0v) is 15.5. The highest BCUT2D eigenvalue weighted by Crippen LogP contribution is 2.27. The summed E-state index contributed by atoms with van der Waals surface area (Å²) < 4.78 is 40.2. The molecule has 138 valence electrons. The summed E-state index contributed by atoms with van der Waals surface area (Å²) in [6.45, 7) is 0.500. The Bertz CT molecular complexity index is 750. The zero-order valence-electron chi connectivity index (χ0n) is 13.9. The lowest BCUT2D eigenvalue weighted by Crippen LogP contribution is -2.47. The number of nitrogens with zero attached hydrogens (tertiary/aromatic N) is 1. The van der Waals surface area contributed by atoms with Crippen LogP contribution >= 0.6 is 11.6 Å². The van der Waals surface area contributed by atoms with Gasteiger partial charge in [0.1, 0.15) is 5.82 Å². The molecule has 25 heavy (non-hydrogen) atoms. The number of rotatable bonds is 4. The number of hydrogen-bond acceptors (Lipinski definition) is 3. The molecule has 2 fully saturated rings. The fraction of sp³-hybridized carbons (Fsp3) is 0.588. The summed E-state index contributed by atoms with van der Waals surface area (Å²) in [5, 5.41) is 2.82. The SMILES string of the molecule is O=C(NC1CCCC1)C1CCCN(S(=O)(=O)c2ccc(F)c(Cl)c2)C1. The maximum absolute atomic E-state index is 13.3. The molecular weight excluding hydrogens is 367 g/mol. The van der Waals surface area contributed by atoms with Crippen molar-refractivity contribution in [3.05, 3.63) is 29.0 Å². The fourth-order valence-electron chi connectivity index (χ4n) is 3.55. The zero-order chi connectivity index (χ0) is 18.0. The Hall–Kier alpha value is -1.18. The average Bonchev–Trinajstić information content (AvgIpc) is 3.10. The summed E-state index contributed by atoms with van der Waals surface area (Å²) in [4.78, 5) is 12.4. The van der Waals surface area contributed by atoms with Crippen LogP contribution < -0.4 is 5.32 Å². The highest BCUT2D eigenvalue weighted by molar-refractivity contribution is 7.89. The summed E-state index contributed by atoms with van der Waals surface area (Å²) in [7, 11) is -3.79. The standard InChI is InChI=1S/C17H22ClFN2O3S/c18-15-10-14(7-8-16(15)19)25(23,24)21-9-3-4-12(11-21)17(22)20-13-5-1-2-6-13/h7-8,10,12-13H,1-6,9,11H2,(H,20,22). The van der Waals surface area contributed by atoms with Gasteiger partial charge in [-0.2, -0.15) is 4.31 Å². The lowest BCUT2D eigenvalue weighted by molar-refractivity contribution is -0.126. The van der Waals surface area contributed by atoms with Gasteiger partial charge in [0.15, 0.2) is 0 Å². The predicted octanol–water partition coefficient (Wildman–Crippen LogP) is 2.94. The summed E-state index contributed by atoms with van der Waals surface area (Å²) >= 11 is 5.71. The van der Waals surface area contributed by atoms with E-state index in [1.54, 1.807) is 0 Å². The van der Waals surface area contributed by atoms with Crippen molar-refractivity contribution < 1.29 is 17.6 Å². The molecule has 2 aliphatic rings. The van der Waals surface area contributed by atoms with E-state index in [1.807, 2.05) is 0 Å². The van der Waals surface area contributed by atoms with Gasteiger partial charge in [-0.1, -0.05) is 24.4 Å². The van der Waals surface area contributed by atoms with Crippen LogP contribution in [0.4, 0.5) is 4.39 Å². The predicted molar refractivity (Wildman–Crippen MR) is 93.3 cm³/mol. The average molecular weight is 389 g/mol. The first-order valence-corrected chi connectivity index (χ1v) is 10.5. The van der Waals surface area contributed by atoms with E-state index in [1.165, 1.54) is 10.4 Å². The number of hydrogen-bond donors (Lipinski definition) is 1. The molecular formula is C17H22ClFN2O3S. The molecule has 1 amide bonds. The number of nitrogens with one attached hydrogen (secondary N) is 1. The van der Waals surface area contributed by atoms with Gasteiger partial charge >= 0.3 is 0 Å². The van der Waals surface area contributed by atoms with Crippen molar-refractivity contribution in [1.82, 2.24) is 9.62 Å². The van der Waals surface area contributed by atoms with E-state index in [-0.39, 0.29) is 34.3 Å². The third-order valence-electron chi connectivity index (χ3n) is 4.99. The molecule has 1 saturated carbocycles. The van der Waals surface area contributed by atoms with E-state index in [4.69, 9.17) is 11.6 Å². The normalized spacial score (nSPS) is 22.9. The smallest absolute Gasteiger partial charge is 0.243 e. The van der Waals surface area contributed by atoms with E-state index < -0.39 is 15.8 Å². The van der Waals surface area contributed by atoms with E-state index in [0.717, 1.165) is 37.8 Å². The Kier molecular flexibility index (Phi) is 5.65. The molecule has 1 unspecified atom stereocenters. The minimum atomic E-state index is -3.79. The maximum Gasteiger partial charge on any atom is 0.243 e. The first kappa shape index (κ1) is 18.6. The minimum absolute atomic E-state index is 0.0456. The first-order valence-electron chi connectivity index (χ1n) is 8.63. The Balaban J connectivity index is 1.71. The highest BCUT2D eigenvalue weighted by atomic mass is 35.5. The summed E-state index contributed by atoms with van der Waals surface area (Å²) in [5.41, 5.74) is 0. The summed E-state index contributed by atoms with van der Waals surface area (Å²) in [5.74, 6) is -1.07. The molecule has 1 N–H and O–H groups in total. The largest absolute Gasteiger partial charge is 0.353 e. The number of benzene rings is 1. The van der Waals surface area contributed by atoms with Gasteiger partial charge in [-0.05, 0) is 43.9 Å². The van der Waals surface area contributed by atoms with Crippen molar-refractivity contribution in [2.45, 2.75) is 49.5 Å². The number of amides is 1. The minimum Gasteiger partial charge on any atom is -0.353 e. The molecule has 1 saturated heterocycles. The van der Waals surface area contributed by atoms with Crippen LogP contribution in [-0.4, -0.2) is 37.8 Å². The first-order chi connectivity index (χ1) is 11.9. The molecule has 3 rings (SSSR count). The molecule has 1 aromatic carbocycles. The van der Waals surface area contributed by atoms with Crippen molar-refractivity contribution >= 4 is 27.5 Å². The van der Waals surface area contributed by atoms with Crippen LogP contribution in [0.25, 0.3) is 0 Å². The van der Waals surface area contributed by atoms with Crippen molar-refractivity contribution in [2.75, 3.05) is 13.1 Å². The second-order valence-corrected chi connectivity index (χ2v) is 9.11. The van der Waals surface area contributed by atoms with Crippen molar-refractivity contribution in [1.29, 1.82) is 0 Å². The van der Waals surface area contributed by atoms with Gasteiger partial charge in [-0.3, -0.25) is 4.79 Å². The third-order valence-corrected chi connectivity index (χ3v) is 7.14. The molecule has 0 radical (unpaired) electrons. The summed E-state index contributed by atoms with van der Waals surface area (Å²) in [6, 6.07) is 3.59. The van der Waals surface area contributed by atoms with Crippen LogP contribution in [0.3, 0.4) is 0 Å². The van der Waals surface area contributed by atoms with Gasteiger partial charge < -0.3 is 5.32 Å². The highest BCUT2D eigenvalue weighted by Gasteiger charge is 2.34. The number of piperidine rings is 1. The quantitative estimate of drug-likeness (QED) is 0.862. The van der Waals surface area contributed by atoms with Crippen LogP contribution in [0.15, 0.2) is 23.1 Å². The molecule has 8 heteroatoms. The second kappa shape index (κ2) is 7.60. The maximum atomic E-state index is 13.3. The number of carbonyl (C=O) groups is 1. The van der Waals surface area contributed by atoms with Gasteiger partial charge in [0.05, 0.1) is 15.8 Å². The molecule has 1 heterocycles. The number of halogens is 2. The Morgan fingerprint density at radius 3 is 2.60 bits per heavy atom. The van der Waals surface area contributed by atoms with Crippen LogP contribution in [-0.2, 0) is 14.8 Å². The van der Waals surface area contributed by atoms with Crippen LogP contribution in [0.1, 0.15) is 38.5 Å². The van der Waals surface area contributed by atoms with Gasteiger partial charge in [-0.25, -0.2) is 12.8 Å². The Morgan fingerprint density at radius 1 is 1.20 bits per heavy atom. The van der Waals surface area contributed by atoms with Crippen LogP contribution in [0.2, 0.25) is 5.02 Å². The molecule has 0 spiro atoms.